The van der Waals surface area contributed by atoms with Gasteiger partial charge in [0.1, 0.15) is 12.4 Å². The first kappa shape index (κ1) is 16.0. The second-order valence-electron chi connectivity index (χ2n) is 4.96. The molecule has 0 heterocycles. The molecule has 0 N–H and O–H groups in total. The van der Waals surface area contributed by atoms with Crippen LogP contribution in [-0.2, 0) is 14.3 Å². The quantitative estimate of drug-likeness (QED) is 0.612. The zero-order chi connectivity index (χ0) is 15.3. The van der Waals surface area contributed by atoms with Crippen LogP contribution in [0.25, 0.3) is 5.57 Å². The van der Waals surface area contributed by atoms with E-state index in [1.54, 1.807) is 19.9 Å². The molecule has 4 heteroatoms. The van der Waals surface area contributed by atoms with Gasteiger partial charge in [-0.15, -0.1) is 0 Å². The second kappa shape index (κ2) is 6.89. The van der Waals surface area contributed by atoms with Crippen LogP contribution >= 0.6 is 0 Å². The van der Waals surface area contributed by atoms with E-state index in [9.17, 15) is 9.59 Å². The van der Waals surface area contributed by atoms with Gasteiger partial charge in [-0.1, -0.05) is 32.6 Å². The Balaban J connectivity index is 2.97. The van der Waals surface area contributed by atoms with E-state index in [1.807, 2.05) is 19.1 Å². The lowest BCUT2D eigenvalue weighted by molar-refractivity contribution is -0.140. The van der Waals surface area contributed by atoms with Gasteiger partial charge in [-0.25, -0.2) is 0 Å². The van der Waals surface area contributed by atoms with Gasteiger partial charge in [0.15, 0.2) is 0 Å². The van der Waals surface area contributed by atoms with E-state index in [2.05, 4.69) is 6.58 Å². The van der Waals surface area contributed by atoms with E-state index in [0.29, 0.717) is 16.9 Å². The number of esters is 2. The zero-order valence-corrected chi connectivity index (χ0v) is 12.4. The van der Waals surface area contributed by atoms with Crippen LogP contribution in [-0.4, -0.2) is 18.5 Å². The molecule has 0 aliphatic heterocycles. The van der Waals surface area contributed by atoms with E-state index in [1.165, 1.54) is 6.92 Å². The van der Waals surface area contributed by atoms with Crippen molar-refractivity contribution in [2.24, 2.45) is 5.92 Å². The molecule has 0 fully saturated rings. The van der Waals surface area contributed by atoms with Gasteiger partial charge in [0.2, 0.25) is 0 Å². The van der Waals surface area contributed by atoms with Crippen molar-refractivity contribution in [3.8, 4) is 5.75 Å². The fourth-order valence-corrected chi connectivity index (χ4v) is 1.50. The van der Waals surface area contributed by atoms with Gasteiger partial charge in [-0.05, 0) is 24.1 Å². The van der Waals surface area contributed by atoms with Crippen molar-refractivity contribution in [3.63, 3.8) is 0 Å². The lowest BCUT2D eigenvalue weighted by atomic mass is 10.0. The summed E-state index contributed by atoms with van der Waals surface area (Å²) in [6.45, 7) is 10.7. The van der Waals surface area contributed by atoms with E-state index in [-0.39, 0.29) is 24.5 Å². The molecular weight excluding hydrogens is 256 g/mol. The number of ether oxygens (including phenoxy) is 2. The average molecular weight is 276 g/mol. The largest absolute Gasteiger partial charge is 0.461 e. The van der Waals surface area contributed by atoms with Crippen LogP contribution in [0.2, 0.25) is 0 Å². The summed E-state index contributed by atoms with van der Waals surface area (Å²) in [5.74, 6) is -0.456. The van der Waals surface area contributed by atoms with Crippen molar-refractivity contribution in [2.45, 2.75) is 27.7 Å². The Morgan fingerprint density at radius 2 is 1.95 bits per heavy atom. The lowest BCUT2D eigenvalue weighted by Crippen LogP contribution is -2.16. The van der Waals surface area contributed by atoms with E-state index in [0.717, 1.165) is 5.56 Å². The van der Waals surface area contributed by atoms with Gasteiger partial charge >= 0.3 is 11.9 Å². The highest BCUT2D eigenvalue weighted by molar-refractivity contribution is 5.78. The fourth-order valence-electron chi connectivity index (χ4n) is 1.50. The predicted octanol–water partition coefficient (Wildman–Crippen LogP) is 3.13. The van der Waals surface area contributed by atoms with Crippen molar-refractivity contribution < 1.29 is 19.1 Å². The maximum atomic E-state index is 11.7. The molecule has 0 aromatic heterocycles. The monoisotopic (exact) mass is 276 g/mol. The Labute approximate surface area is 119 Å². The van der Waals surface area contributed by atoms with E-state index < -0.39 is 0 Å². The molecule has 4 nitrogen and oxygen atoms in total. The maximum Gasteiger partial charge on any atom is 0.313 e. The van der Waals surface area contributed by atoms with Crippen molar-refractivity contribution >= 4 is 17.5 Å². The summed E-state index contributed by atoms with van der Waals surface area (Å²) in [6.07, 6.45) is 0. The molecule has 0 saturated carbocycles. The second-order valence-corrected chi connectivity index (χ2v) is 4.96. The number of rotatable bonds is 5. The molecule has 1 aromatic carbocycles. The van der Waals surface area contributed by atoms with Crippen LogP contribution < -0.4 is 4.74 Å². The number of hydrogen-bond acceptors (Lipinski definition) is 4. The zero-order valence-electron chi connectivity index (χ0n) is 12.4. The highest BCUT2D eigenvalue weighted by Crippen LogP contribution is 2.27. The molecule has 0 radical (unpaired) electrons. The molecule has 0 spiro atoms. The van der Waals surface area contributed by atoms with Crippen LogP contribution in [0.5, 0.6) is 5.75 Å². The molecule has 108 valence electrons. The van der Waals surface area contributed by atoms with Crippen molar-refractivity contribution in [1.29, 1.82) is 0 Å². The van der Waals surface area contributed by atoms with E-state index >= 15 is 0 Å². The molecule has 0 amide bonds. The molecule has 0 unspecified atom stereocenters. The minimum Gasteiger partial charge on any atom is -0.461 e. The highest BCUT2D eigenvalue weighted by atomic mass is 16.5. The first-order valence-electron chi connectivity index (χ1n) is 6.45. The SMILES string of the molecule is C=C(COC(C)=O)c1ccc(C)cc1OC(=O)C(C)C. The predicted molar refractivity (Wildman–Crippen MR) is 77.3 cm³/mol. The fraction of sp³-hybridized carbons (Fsp3) is 0.375. The summed E-state index contributed by atoms with van der Waals surface area (Å²) in [5.41, 5.74) is 2.23. The molecule has 1 rings (SSSR count). The summed E-state index contributed by atoms with van der Waals surface area (Å²) in [4.78, 5) is 22.6. The Morgan fingerprint density at radius 1 is 1.30 bits per heavy atom. The number of benzene rings is 1. The standard InChI is InChI=1S/C16H20O4/c1-10(2)16(18)20-15-8-11(3)6-7-14(15)12(4)9-19-13(5)17/h6-8,10H,4,9H2,1-3,5H3. The Bertz CT molecular complexity index is 529. The average Bonchev–Trinajstić information content (AvgIpc) is 2.35. The molecule has 0 bridgehead atoms. The van der Waals surface area contributed by atoms with Crippen LogP contribution in [0.3, 0.4) is 0 Å². The van der Waals surface area contributed by atoms with E-state index in [4.69, 9.17) is 9.47 Å². The number of carbonyl (C=O) groups is 2. The summed E-state index contributed by atoms with van der Waals surface area (Å²) in [7, 11) is 0. The Hall–Kier alpha value is -2.10. The summed E-state index contributed by atoms with van der Waals surface area (Å²) >= 11 is 0. The molecule has 0 aliphatic carbocycles. The lowest BCUT2D eigenvalue weighted by Gasteiger charge is -2.14. The maximum absolute atomic E-state index is 11.7. The van der Waals surface area contributed by atoms with Crippen LogP contribution in [0.15, 0.2) is 24.8 Å². The molecular formula is C16H20O4. The van der Waals surface area contributed by atoms with Gasteiger partial charge in [-0.3, -0.25) is 9.59 Å². The Morgan fingerprint density at radius 3 is 2.50 bits per heavy atom. The van der Waals surface area contributed by atoms with Gasteiger partial charge in [0, 0.05) is 12.5 Å². The summed E-state index contributed by atoms with van der Waals surface area (Å²) < 4.78 is 10.3. The topological polar surface area (TPSA) is 52.6 Å². The molecule has 0 atom stereocenters. The number of hydrogen-bond donors (Lipinski definition) is 0. The highest BCUT2D eigenvalue weighted by Gasteiger charge is 2.15. The van der Waals surface area contributed by atoms with Gasteiger partial charge in [0.25, 0.3) is 0 Å². The van der Waals surface area contributed by atoms with Gasteiger partial charge in [-0.2, -0.15) is 0 Å². The Kier molecular flexibility index (Phi) is 5.50. The summed E-state index contributed by atoms with van der Waals surface area (Å²) in [5, 5.41) is 0. The van der Waals surface area contributed by atoms with Gasteiger partial charge < -0.3 is 9.47 Å². The van der Waals surface area contributed by atoms with Crippen molar-refractivity contribution in [1.82, 2.24) is 0 Å². The number of aryl methyl sites for hydroxylation is 1. The van der Waals surface area contributed by atoms with Crippen molar-refractivity contribution in [2.75, 3.05) is 6.61 Å². The van der Waals surface area contributed by atoms with Crippen molar-refractivity contribution in [3.05, 3.63) is 35.9 Å². The third-order valence-corrected chi connectivity index (χ3v) is 2.65. The first-order chi connectivity index (χ1) is 9.31. The van der Waals surface area contributed by atoms with Crippen LogP contribution in [0, 0.1) is 12.8 Å². The normalized spacial score (nSPS) is 10.2. The van der Waals surface area contributed by atoms with Gasteiger partial charge in [0.05, 0.1) is 5.92 Å². The minimum atomic E-state index is -0.376. The third-order valence-electron chi connectivity index (χ3n) is 2.65. The van der Waals surface area contributed by atoms with Crippen LogP contribution in [0.1, 0.15) is 31.9 Å². The minimum absolute atomic E-state index is 0.0740. The third kappa shape index (κ3) is 4.53. The molecule has 0 saturated heterocycles. The summed E-state index contributed by atoms with van der Waals surface area (Å²) in [6, 6.07) is 5.47. The number of carbonyl (C=O) groups excluding carboxylic acids is 2. The first-order valence-corrected chi connectivity index (χ1v) is 6.45. The molecule has 1 aromatic rings. The smallest absolute Gasteiger partial charge is 0.313 e. The molecule has 0 aliphatic rings. The van der Waals surface area contributed by atoms with Crippen LogP contribution in [0.4, 0.5) is 0 Å². The molecule has 20 heavy (non-hydrogen) atoms.